The molecule has 0 amide bonds. The van der Waals surface area contributed by atoms with Crippen LogP contribution in [-0.4, -0.2) is 53.6 Å². The third-order valence-electron chi connectivity index (χ3n) is 4.17. The molecule has 3 heterocycles. The summed E-state index contributed by atoms with van der Waals surface area (Å²) in [6, 6.07) is 7.71. The normalized spacial score (nSPS) is 14.4. The SMILES string of the molecule is N=C(N)CNc1nc(N2CCOCC2)[nH]c(=O)c1-c1nc2ccccc2s1. The van der Waals surface area contributed by atoms with Crippen molar-refractivity contribution in [3.05, 3.63) is 34.6 Å². The van der Waals surface area contributed by atoms with Gasteiger partial charge in [-0.2, -0.15) is 4.98 Å². The first-order chi connectivity index (χ1) is 13.1. The fourth-order valence-electron chi connectivity index (χ4n) is 2.87. The average Bonchev–Trinajstić information content (AvgIpc) is 3.10. The molecule has 10 heteroatoms. The van der Waals surface area contributed by atoms with Crippen molar-refractivity contribution in [2.75, 3.05) is 43.1 Å². The molecule has 4 rings (SSSR count). The number of benzene rings is 1. The Morgan fingerprint density at radius 1 is 1.33 bits per heavy atom. The number of para-hydroxylation sites is 1. The number of nitrogens with one attached hydrogen (secondary N) is 3. The lowest BCUT2D eigenvalue weighted by molar-refractivity contribution is 0.122. The predicted octanol–water partition coefficient (Wildman–Crippen LogP) is 1.23. The maximum Gasteiger partial charge on any atom is 0.264 e. The topological polar surface area (TPSA) is 133 Å². The smallest absolute Gasteiger partial charge is 0.264 e. The molecule has 0 saturated carbocycles. The first kappa shape index (κ1) is 17.4. The Kier molecular flexibility index (Phi) is 4.73. The molecular formula is C17H19N7O2S. The van der Waals surface area contributed by atoms with Crippen molar-refractivity contribution >= 4 is 39.2 Å². The summed E-state index contributed by atoms with van der Waals surface area (Å²) in [5.74, 6) is 0.800. The molecule has 140 valence electrons. The summed E-state index contributed by atoms with van der Waals surface area (Å²) in [5, 5.41) is 11.0. The van der Waals surface area contributed by atoms with Crippen LogP contribution in [0, 0.1) is 5.41 Å². The van der Waals surface area contributed by atoms with Crippen molar-refractivity contribution < 1.29 is 4.74 Å². The molecule has 0 radical (unpaired) electrons. The number of hydrogen-bond acceptors (Lipinski definition) is 8. The van der Waals surface area contributed by atoms with Crippen LogP contribution in [0.1, 0.15) is 0 Å². The second-order valence-corrected chi connectivity index (χ2v) is 7.11. The molecule has 0 aliphatic carbocycles. The number of nitrogens with two attached hydrogens (primary N) is 1. The molecule has 2 aromatic heterocycles. The number of amidine groups is 1. The van der Waals surface area contributed by atoms with Gasteiger partial charge in [0.25, 0.3) is 5.56 Å². The van der Waals surface area contributed by atoms with Gasteiger partial charge in [0.1, 0.15) is 22.2 Å². The zero-order valence-corrected chi connectivity index (χ0v) is 15.3. The lowest BCUT2D eigenvalue weighted by Crippen LogP contribution is -2.38. The molecule has 0 bridgehead atoms. The highest BCUT2D eigenvalue weighted by Gasteiger charge is 2.21. The highest BCUT2D eigenvalue weighted by Crippen LogP contribution is 2.32. The highest BCUT2D eigenvalue weighted by atomic mass is 32.1. The monoisotopic (exact) mass is 385 g/mol. The van der Waals surface area contributed by atoms with Crippen molar-refractivity contribution in [1.29, 1.82) is 5.41 Å². The standard InChI is InChI=1S/C17H19N7O2S/c18-12(19)9-20-14-13(16-21-10-3-1-2-4-11(10)27-16)15(25)23-17(22-14)24-5-7-26-8-6-24/h1-4H,5-9H2,(H3,18,19)(H2,20,22,23,25). The van der Waals surface area contributed by atoms with E-state index in [-0.39, 0.29) is 17.9 Å². The van der Waals surface area contributed by atoms with Gasteiger partial charge in [0, 0.05) is 13.1 Å². The van der Waals surface area contributed by atoms with E-state index in [0.717, 1.165) is 10.2 Å². The number of rotatable bonds is 5. The van der Waals surface area contributed by atoms with Gasteiger partial charge >= 0.3 is 0 Å². The second kappa shape index (κ2) is 7.33. The van der Waals surface area contributed by atoms with Gasteiger partial charge in [-0.15, -0.1) is 11.3 Å². The van der Waals surface area contributed by atoms with E-state index in [2.05, 4.69) is 20.3 Å². The van der Waals surface area contributed by atoms with E-state index in [0.29, 0.717) is 48.6 Å². The number of aromatic amines is 1. The van der Waals surface area contributed by atoms with Gasteiger partial charge in [-0.05, 0) is 12.1 Å². The number of aromatic nitrogens is 3. The summed E-state index contributed by atoms with van der Waals surface area (Å²) in [6.45, 7) is 2.56. The fourth-order valence-corrected chi connectivity index (χ4v) is 3.88. The van der Waals surface area contributed by atoms with Gasteiger partial charge in [0.15, 0.2) is 0 Å². The van der Waals surface area contributed by atoms with E-state index in [4.69, 9.17) is 15.9 Å². The van der Waals surface area contributed by atoms with Crippen LogP contribution in [0.2, 0.25) is 0 Å². The molecule has 9 nitrogen and oxygen atoms in total. The summed E-state index contributed by atoms with van der Waals surface area (Å²) in [5.41, 5.74) is 6.38. The summed E-state index contributed by atoms with van der Waals surface area (Å²) in [7, 11) is 0. The first-order valence-corrected chi connectivity index (χ1v) is 9.33. The lowest BCUT2D eigenvalue weighted by atomic mass is 10.3. The Labute approximate surface area is 158 Å². The number of anilines is 2. The summed E-state index contributed by atoms with van der Waals surface area (Å²) >= 11 is 1.42. The summed E-state index contributed by atoms with van der Waals surface area (Å²) in [4.78, 5) is 26.9. The number of ether oxygens (including phenoxy) is 1. The maximum absolute atomic E-state index is 12.9. The second-order valence-electron chi connectivity index (χ2n) is 6.08. The van der Waals surface area contributed by atoms with Crippen LogP contribution < -0.4 is 21.5 Å². The van der Waals surface area contributed by atoms with Gasteiger partial charge in [0.05, 0.1) is 30.0 Å². The minimum absolute atomic E-state index is 0.0414. The van der Waals surface area contributed by atoms with Crippen LogP contribution in [0.4, 0.5) is 11.8 Å². The zero-order chi connectivity index (χ0) is 18.8. The minimum atomic E-state index is -0.281. The van der Waals surface area contributed by atoms with Gasteiger partial charge in [-0.3, -0.25) is 15.2 Å². The van der Waals surface area contributed by atoms with E-state index < -0.39 is 0 Å². The van der Waals surface area contributed by atoms with E-state index in [1.807, 2.05) is 29.2 Å². The minimum Gasteiger partial charge on any atom is -0.386 e. The number of hydrogen-bond donors (Lipinski definition) is 4. The number of morpholine rings is 1. The predicted molar refractivity (Wildman–Crippen MR) is 107 cm³/mol. The molecule has 0 atom stereocenters. The largest absolute Gasteiger partial charge is 0.386 e. The average molecular weight is 385 g/mol. The van der Waals surface area contributed by atoms with Gasteiger partial charge in [-0.1, -0.05) is 12.1 Å². The van der Waals surface area contributed by atoms with Crippen molar-refractivity contribution in [1.82, 2.24) is 15.0 Å². The molecule has 1 aromatic carbocycles. The summed E-state index contributed by atoms with van der Waals surface area (Å²) < 4.78 is 6.34. The molecule has 0 unspecified atom stereocenters. The van der Waals surface area contributed by atoms with Crippen molar-refractivity contribution in [2.24, 2.45) is 5.73 Å². The molecule has 1 fully saturated rings. The van der Waals surface area contributed by atoms with Crippen LogP contribution >= 0.6 is 11.3 Å². The van der Waals surface area contributed by atoms with E-state index >= 15 is 0 Å². The van der Waals surface area contributed by atoms with Crippen molar-refractivity contribution in [2.45, 2.75) is 0 Å². The van der Waals surface area contributed by atoms with Crippen LogP contribution in [-0.2, 0) is 4.74 Å². The Morgan fingerprint density at radius 2 is 2.11 bits per heavy atom. The number of thiazole rings is 1. The molecule has 1 aliphatic rings. The number of fused-ring (bicyclic) bond motifs is 1. The van der Waals surface area contributed by atoms with Gasteiger partial charge < -0.3 is 20.7 Å². The molecule has 1 saturated heterocycles. The molecule has 0 spiro atoms. The lowest BCUT2D eigenvalue weighted by Gasteiger charge is -2.27. The summed E-state index contributed by atoms with van der Waals surface area (Å²) in [6.07, 6.45) is 0. The van der Waals surface area contributed by atoms with Crippen molar-refractivity contribution in [3.63, 3.8) is 0 Å². The fraction of sp³-hybridized carbons (Fsp3) is 0.294. The zero-order valence-electron chi connectivity index (χ0n) is 14.5. The number of H-pyrrole nitrogens is 1. The van der Waals surface area contributed by atoms with Crippen molar-refractivity contribution in [3.8, 4) is 10.6 Å². The van der Waals surface area contributed by atoms with E-state index in [1.54, 1.807) is 0 Å². The van der Waals surface area contributed by atoms with Gasteiger partial charge in [-0.25, -0.2) is 4.98 Å². The quantitative estimate of drug-likeness (QED) is 0.383. The van der Waals surface area contributed by atoms with E-state index in [9.17, 15) is 4.79 Å². The first-order valence-electron chi connectivity index (χ1n) is 8.51. The molecule has 1 aliphatic heterocycles. The molecule has 27 heavy (non-hydrogen) atoms. The third-order valence-corrected chi connectivity index (χ3v) is 5.23. The Hall–Kier alpha value is -2.98. The Bertz CT molecular complexity index is 1010. The van der Waals surface area contributed by atoms with Crippen LogP contribution in [0.25, 0.3) is 20.8 Å². The Balaban J connectivity index is 1.80. The van der Waals surface area contributed by atoms with Crippen LogP contribution in [0.5, 0.6) is 0 Å². The third kappa shape index (κ3) is 3.62. The van der Waals surface area contributed by atoms with Gasteiger partial charge in [0.2, 0.25) is 5.95 Å². The highest BCUT2D eigenvalue weighted by molar-refractivity contribution is 7.21. The van der Waals surface area contributed by atoms with Crippen LogP contribution in [0.3, 0.4) is 0 Å². The Morgan fingerprint density at radius 3 is 2.85 bits per heavy atom. The molecule has 3 aromatic rings. The number of nitrogens with zero attached hydrogens (tertiary/aromatic N) is 3. The maximum atomic E-state index is 12.9. The molecular weight excluding hydrogens is 366 g/mol. The molecule has 5 N–H and O–H groups in total. The van der Waals surface area contributed by atoms with Crippen LogP contribution in [0.15, 0.2) is 29.1 Å². The van der Waals surface area contributed by atoms with E-state index in [1.165, 1.54) is 11.3 Å².